The first kappa shape index (κ1) is 13.3. The van der Waals surface area contributed by atoms with E-state index < -0.39 is 0 Å². The van der Waals surface area contributed by atoms with E-state index in [9.17, 15) is 0 Å². The van der Waals surface area contributed by atoms with Gasteiger partial charge in [-0.3, -0.25) is 0 Å². The summed E-state index contributed by atoms with van der Waals surface area (Å²) in [5.41, 5.74) is 7.19. The smallest absolute Gasteiger partial charge is 0.0366 e. The van der Waals surface area contributed by atoms with E-state index in [1.807, 2.05) is 0 Å². The lowest BCUT2D eigenvalue weighted by molar-refractivity contribution is 0.649. The highest BCUT2D eigenvalue weighted by molar-refractivity contribution is 5.85. The predicted molar refractivity (Wildman–Crippen MR) is 72.3 cm³/mol. The fraction of sp³-hybridized carbons (Fsp3) is 0.538. The number of hydrogen-bond acceptors (Lipinski definition) is 2. The van der Waals surface area contributed by atoms with Crippen LogP contribution >= 0.6 is 12.4 Å². The average Bonchev–Trinajstić information content (AvgIpc) is 3.01. The minimum Gasteiger partial charge on any atom is -0.370 e. The second-order valence-electron chi connectivity index (χ2n) is 4.66. The Morgan fingerprint density at radius 1 is 1.31 bits per heavy atom. The SMILES string of the molecule is CC(N)CN(CC1CC1)c1ccccc1.Cl. The van der Waals surface area contributed by atoms with Crippen LogP contribution in [0.4, 0.5) is 5.69 Å². The van der Waals surface area contributed by atoms with Gasteiger partial charge >= 0.3 is 0 Å². The number of nitrogens with zero attached hydrogens (tertiary/aromatic N) is 1. The maximum atomic E-state index is 5.89. The summed E-state index contributed by atoms with van der Waals surface area (Å²) in [5, 5.41) is 0. The Labute approximate surface area is 104 Å². The third-order valence-corrected chi connectivity index (χ3v) is 2.81. The zero-order chi connectivity index (χ0) is 10.7. The highest BCUT2D eigenvalue weighted by Gasteiger charge is 2.24. The van der Waals surface area contributed by atoms with Gasteiger partial charge < -0.3 is 10.6 Å². The molecule has 2 N–H and O–H groups in total. The molecule has 1 fully saturated rings. The first-order valence-electron chi connectivity index (χ1n) is 5.81. The molecular weight excluding hydrogens is 220 g/mol. The Bertz CT molecular complexity index is 292. The van der Waals surface area contributed by atoms with Gasteiger partial charge in [0.25, 0.3) is 0 Å². The van der Waals surface area contributed by atoms with Crippen LogP contribution in [0.3, 0.4) is 0 Å². The largest absolute Gasteiger partial charge is 0.370 e. The van der Waals surface area contributed by atoms with Crippen molar-refractivity contribution in [2.24, 2.45) is 11.7 Å². The van der Waals surface area contributed by atoms with Crippen LogP contribution in [-0.4, -0.2) is 19.1 Å². The van der Waals surface area contributed by atoms with Gasteiger partial charge in [0.15, 0.2) is 0 Å². The number of nitrogens with two attached hydrogens (primary N) is 1. The monoisotopic (exact) mass is 240 g/mol. The molecule has 2 nitrogen and oxygen atoms in total. The minimum atomic E-state index is 0. The molecule has 0 amide bonds. The summed E-state index contributed by atoms with van der Waals surface area (Å²) >= 11 is 0. The van der Waals surface area contributed by atoms with Crippen LogP contribution in [0.1, 0.15) is 19.8 Å². The number of hydrogen-bond donors (Lipinski definition) is 1. The molecule has 16 heavy (non-hydrogen) atoms. The average molecular weight is 241 g/mol. The van der Waals surface area contributed by atoms with E-state index in [0.29, 0.717) is 0 Å². The Morgan fingerprint density at radius 3 is 2.44 bits per heavy atom. The molecule has 1 atom stereocenters. The summed E-state index contributed by atoms with van der Waals surface area (Å²) in [4.78, 5) is 2.42. The molecule has 2 rings (SSSR count). The molecule has 1 saturated carbocycles. The normalized spacial score (nSPS) is 16.4. The Morgan fingerprint density at radius 2 is 1.94 bits per heavy atom. The zero-order valence-corrected chi connectivity index (χ0v) is 10.6. The van der Waals surface area contributed by atoms with E-state index in [2.05, 4.69) is 42.2 Å². The highest BCUT2D eigenvalue weighted by atomic mass is 35.5. The van der Waals surface area contributed by atoms with Crippen molar-refractivity contribution in [1.29, 1.82) is 0 Å². The summed E-state index contributed by atoms with van der Waals surface area (Å²) in [5.74, 6) is 0.906. The van der Waals surface area contributed by atoms with Crippen molar-refractivity contribution >= 4 is 18.1 Å². The lowest BCUT2D eigenvalue weighted by Gasteiger charge is -2.26. The van der Waals surface area contributed by atoms with Crippen molar-refractivity contribution in [2.75, 3.05) is 18.0 Å². The lowest BCUT2D eigenvalue weighted by atomic mass is 10.2. The van der Waals surface area contributed by atoms with Crippen molar-refractivity contribution in [3.63, 3.8) is 0 Å². The molecule has 3 heteroatoms. The van der Waals surface area contributed by atoms with Crippen LogP contribution in [0.25, 0.3) is 0 Å². The molecule has 0 radical (unpaired) electrons. The van der Waals surface area contributed by atoms with Crippen LogP contribution in [0.5, 0.6) is 0 Å². The van der Waals surface area contributed by atoms with E-state index in [1.165, 1.54) is 25.1 Å². The molecule has 0 aromatic heterocycles. The predicted octanol–water partition coefficient (Wildman–Crippen LogP) is 2.67. The molecule has 1 aliphatic carbocycles. The molecule has 0 bridgehead atoms. The molecule has 0 spiro atoms. The topological polar surface area (TPSA) is 29.3 Å². The third-order valence-electron chi connectivity index (χ3n) is 2.81. The Balaban J connectivity index is 0.00000128. The molecule has 0 heterocycles. The van der Waals surface area contributed by atoms with Crippen LogP contribution in [-0.2, 0) is 0 Å². The summed E-state index contributed by atoms with van der Waals surface area (Å²) < 4.78 is 0. The summed E-state index contributed by atoms with van der Waals surface area (Å²) in [7, 11) is 0. The first-order valence-corrected chi connectivity index (χ1v) is 5.81. The second-order valence-corrected chi connectivity index (χ2v) is 4.66. The van der Waals surface area contributed by atoms with Crippen molar-refractivity contribution in [1.82, 2.24) is 0 Å². The van der Waals surface area contributed by atoms with Crippen LogP contribution in [0.15, 0.2) is 30.3 Å². The number of para-hydroxylation sites is 1. The van der Waals surface area contributed by atoms with Crippen molar-refractivity contribution in [3.05, 3.63) is 30.3 Å². The highest BCUT2D eigenvalue weighted by Crippen LogP contribution is 2.31. The maximum absolute atomic E-state index is 5.89. The van der Waals surface area contributed by atoms with Gasteiger partial charge in [-0.1, -0.05) is 18.2 Å². The first-order chi connectivity index (χ1) is 7.25. The molecule has 0 saturated heterocycles. The molecule has 0 aliphatic heterocycles. The zero-order valence-electron chi connectivity index (χ0n) is 9.80. The van der Waals surface area contributed by atoms with Gasteiger partial charge in [0.1, 0.15) is 0 Å². The minimum absolute atomic E-state index is 0. The van der Waals surface area contributed by atoms with Crippen LogP contribution in [0.2, 0.25) is 0 Å². The molecule has 1 aromatic rings. The van der Waals surface area contributed by atoms with Gasteiger partial charge in [-0.2, -0.15) is 0 Å². The van der Waals surface area contributed by atoms with E-state index in [4.69, 9.17) is 5.73 Å². The Hall–Kier alpha value is -0.730. The molecule has 90 valence electrons. The Kier molecular flexibility index (Phi) is 5.10. The molecule has 1 aromatic carbocycles. The standard InChI is InChI=1S/C13H20N2.ClH/c1-11(14)9-15(10-12-7-8-12)13-5-3-2-4-6-13;/h2-6,11-12H,7-10,14H2,1H3;1H. The number of halogens is 1. The van der Waals surface area contributed by atoms with E-state index >= 15 is 0 Å². The number of benzene rings is 1. The van der Waals surface area contributed by atoms with Gasteiger partial charge in [0.2, 0.25) is 0 Å². The fourth-order valence-corrected chi connectivity index (χ4v) is 1.88. The van der Waals surface area contributed by atoms with Gasteiger partial charge in [-0.25, -0.2) is 0 Å². The van der Waals surface area contributed by atoms with Gasteiger partial charge in [0.05, 0.1) is 0 Å². The molecule has 1 aliphatic rings. The second kappa shape index (κ2) is 6.12. The summed E-state index contributed by atoms with van der Waals surface area (Å²) in [6.45, 7) is 4.20. The summed E-state index contributed by atoms with van der Waals surface area (Å²) in [6, 6.07) is 10.8. The van der Waals surface area contributed by atoms with Gasteiger partial charge in [0, 0.05) is 24.8 Å². The van der Waals surface area contributed by atoms with Gasteiger partial charge in [-0.15, -0.1) is 12.4 Å². The quantitative estimate of drug-likeness (QED) is 0.858. The van der Waals surface area contributed by atoms with E-state index in [0.717, 1.165) is 12.5 Å². The van der Waals surface area contributed by atoms with Crippen molar-refractivity contribution in [3.8, 4) is 0 Å². The fourth-order valence-electron chi connectivity index (χ4n) is 1.88. The number of anilines is 1. The van der Waals surface area contributed by atoms with E-state index in [1.54, 1.807) is 0 Å². The van der Waals surface area contributed by atoms with Crippen molar-refractivity contribution < 1.29 is 0 Å². The van der Waals surface area contributed by atoms with Crippen molar-refractivity contribution in [2.45, 2.75) is 25.8 Å². The third kappa shape index (κ3) is 4.03. The van der Waals surface area contributed by atoms with Crippen LogP contribution < -0.4 is 10.6 Å². The van der Waals surface area contributed by atoms with E-state index in [-0.39, 0.29) is 18.4 Å². The lowest BCUT2D eigenvalue weighted by Crippen LogP contribution is -2.36. The number of rotatable bonds is 5. The molecular formula is C13H21ClN2. The van der Waals surface area contributed by atoms with Crippen LogP contribution in [0, 0.1) is 5.92 Å². The molecule has 1 unspecified atom stereocenters. The summed E-state index contributed by atoms with van der Waals surface area (Å²) in [6.07, 6.45) is 2.78. The van der Waals surface area contributed by atoms with Gasteiger partial charge in [-0.05, 0) is 37.8 Å². The maximum Gasteiger partial charge on any atom is 0.0366 e.